The largest absolute Gasteiger partial charge is 0.299 e. The van der Waals surface area contributed by atoms with Gasteiger partial charge in [-0.25, -0.2) is 21.2 Å². The fourth-order valence-electron chi connectivity index (χ4n) is 3.57. The van der Waals surface area contributed by atoms with Crippen molar-refractivity contribution in [2.75, 3.05) is 11.5 Å². The molecule has 0 radical (unpaired) electrons. The van der Waals surface area contributed by atoms with Crippen LogP contribution in [0.25, 0.3) is 11.1 Å². The lowest BCUT2D eigenvalue weighted by molar-refractivity contribution is -0.117. The Balaban J connectivity index is 1.79. The number of carbonyl (C=O) groups is 1. The third-order valence-corrected chi connectivity index (χ3v) is 9.61. The molecule has 0 heterocycles. The Labute approximate surface area is 214 Å². The average molecular weight is 557 g/mol. The smallest absolute Gasteiger partial charge is 0.180 e. The summed E-state index contributed by atoms with van der Waals surface area (Å²) in [6.07, 6.45) is 0.138. The number of ketones is 1. The van der Waals surface area contributed by atoms with E-state index in [4.69, 9.17) is 23.2 Å². The summed E-state index contributed by atoms with van der Waals surface area (Å²) in [5, 5.41) is 0.389. The molecule has 0 atom stereocenters. The average Bonchev–Trinajstić information content (AvgIpc) is 2.78. The number of Topliss-reactive ketones (excluding diaryl/α,β-unsaturated/α-hetero) is 1. The van der Waals surface area contributed by atoms with E-state index in [9.17, 15) is 26.0 Å². The maximum atomic E-state index is 14.5. The first-order chi connectivity index (χ1) is 16.4. The zero-order chi connectivity index (χ0) is 26.0. The minimum absolute atomic E-state index is 0.00256. The van der Waals surface area contributed by atoms with E-state index >= 15 is 0 Å². The van der Waals surface area contributed by atoms with Crippen molar-refractivity contribution in [1.82, 2.24) is 0 Å². The summed E-state index contributed by atoms with van der Waals surface area (Å²) in [5.74, 6) is -1.25. The highest BCUT2D eigenvalue weighted by atomic mass is 35.5. The molecule has 0 fully saturated rings. The molecule has 0 aliphatic heterocycles. The SMILES string of the molecule is CCS(=O)(=O)c1ccc(CC(=O)Cc2cc(Cl)c(-c3ccc(S(=O)(=O)CC)c(F)c3)c(Cl)c2)cc1. The number of hydrogen-bond acceptors (Lipinski definition) is 5. The Morgan fingerprint density at radius 3 is 1.83 bits per heavy atom. The fourth-order valence-corrected chi connectivity index (χ4v) is 6.14. The van der Waals surface area contributed by atoms with Crippen molar-refractivity contribution in [3.8, 4) is 11.1 Å². The third kappa shape index (κ3) is 6.30. The number of halogens is 3. The number of sulfone groups is 2. The van der Waals surface area contributed by atoms with Gasteiger partial charge in [0.2, 0.25) is 0 Å². The first-order valence-electron chi connectivity index (χ1n) is 10.7. The van der Waals surface area contributed by atoms with Gasteiger partial charge in [-0.15, -0.1) is 0 Å². The zero-order valence-electron chi connectivity index (χ0n) is 19.0. The normalized spacial score (nSPS) is 12.0. The Hall–Kier alpha value is -2.26. The van der Waals surface area contributed by atoms with Gasteiger partial charge in [0, 0.05) is 18.4 Å². The molecule has 186 valence electrons. The lowest BCUT2D eigenvalue weighted by atomic mass is 9.99. The van der Waals surface area contributed by atoms with Crippen LogP contribution in [0.2, 0.25) is 10.0 Å². The quantitative estimate of drug-likeness (QED) is 0.335. The molecule has 3 aromatic rings. The van der Waals surface area contributed by atoms with Gasteiger partial charge in [-0.2, -0.15) is 0 Å². The molecule has 35 heavy (non-hydrogen) atoms. The molecule has 0 aliphatic carbocycles. The molecule has 3 rings (SSSR count). The van der Waals surface area contributed by atoms with Crippen molar-refractivity contribution < 1.29 is 26.0 Å². The van der Waals surface area contributed by atoms with E-state index in [2.05, 4.69) is 0 Å². The maximum absolute atomic E-state index is 14.5. The van der Waals surface area contributed by atoms with Gasteiger partial charge >= 0.3 is 0 Å². The zero-order valence-corrected chi connectivity index (χ0v) is 22.2. The van der Waals surface area contributed by atoms with Crippen LogP contribution in [-0.2, 0) is 37.3 Å². The molecule has 3 aromatic carbocycles. The van der Waals surface area contributed by atoms with Gasteiger partial charge in [-0.1, -0.05) is 55.2 Å². The van der Waals surface area contributed by atoms with Crippen LogP contribution in [0.1, 0.15) is 25.0 Å². The molecular weight excluding hydrogens is 534 g/mol. The monoisotopic (exact) mass is 556 g/mol. The number of benzene rings is 3. The summed E-state index contributed by atoms with van der Waals surface area (Å²) >= 11 is 12.8. The second kappa shape index (κ2) is 10.8. The molecule has 0 unspecified atom stereocenters. The molecule has 0 aromatic heterocycles. The minimum atomic E-state index is -3.71. The Morgan fingerprint density at radius 1 is 0.771 bits per heavy atom. The predicted molar refractivity (Wildman–Crippen MR) is 136 cm³/mol. The van der Waals surface area contributed by atoms with Crippen LogP contribution < -0.4 is 0 Å². The van der Waals surface area contributed by atoms with Crippen LogP contribution in [0.5, 0.6) is 0 Å². The van der Waals surface area contributed by atoms with E-state index in [1.165, 1.54) is 31.2 Å². The van der Waals surface area contributed by atoms with Crippen molar-refractivity contribution in [3.63, 3.8) is 0 Å². The van der Waals surface area contributed by atoms with E-state index in [0.717, 1.165) is 6.07 Å². The van der Waals surface area contributed by atoms with E-state index in [0.29, 0.717) is 22.3 Å². The second-order valence-electron chi connectivity index (χ2n) is 7.92. The summed E-state index contributed by atoms with van der Waals surface area (Å²) in [6.45, 7) is 3.00. The fraction of sp³-hybridized carbons (Fsp3) is 0.240. The highest BCUT2D eigenvalue weighted by Gasteiger charge is 2.20. The molecule has 0 aliphatic rings. The lowest BCUT2D eigenvalue weighted by Gasteiger charge is -2.12. The van der Waals surface area contributed by atoms with E-state index in [1.54, 1.807) is 31.2 Å². The minimum Gasteiger partial charge on any atom is -0.299 e. The van der Waals surface area contributed by atoms with Gasteiger partial charge in [0.25, 0.3) is 0 Å². The summed E-state index contributed by atoms with van der Waals surface area (Å²) < 4.78 is 62.4. The first kappa shape index (κ1) is 27.3. The predicted octanol–water partition coefficient (Wildman–Crippen LogP) is 5.74. The van der Waals surface area contributed by atoms with E-state index in [1.807, 2.05) is 0 Å². The Morgan fingerprint density at radius 2 is 1.31 bits per heavy atom. The number of rotatable bonds is 9. The molecule has 10 heteroatoms. The number of hydrogen-bond donors (Lipinski definition) is 0. The van der Waals surface area contributed by atoms with Gasteiger partial charge in [0.05, 0.1) is 26.4 Å². The molecule has 0 spiro atoms. The molecule has 0 bridgehead atoms. The molecule has 0 saturated carbocycles. The highest BCUT2D eigenvalue weighted by Crippen LogP contribution is 2.37. The van der Waals surface area contributed by atoms with Crippen LogP contribution in [0.15, 0.2) is 64.4 Å². The highest BCUT2D eigenvalue weighted by molar-refractivity contribution is 7.91. The van der Waals surface area contributed by atoms with Crippen molar-refractivity contribution in [1.29, 1.82) is 0 Å². The molecule has 5 nitrogen and oxygen atoms in total. The Bertz CT molecular complexity index is 1460. The number of carbonyl (C=O) groups excluding carboxylic acids is 1. The van der Waals surface area contributed by atoms with Crippen molar-refractivity contribution in [2.45, 2.75) is 36.5 Å². The van der Waals surface area contributed by atoms with Crippen molar-refractivity contribution in [3.05, 3.63) is 81.6 Å². The molecule has 0 saturated heterocycles. The van der Waals surface area contributed by atoms with Crippen LogP contribution in [0.3, 0.4) is 0 Å². The van der Waals surface area contributed by atoms with Crippen LogP contribution in [-0.4, -0.2) is 34.1 Å². The first-order valence-corrected chi connectivity index (χ1v) is 14.8. The molecular formula is C25H23Cl2FO5S2. The van der Waals surface area contributed by atoms with Gasteiger partial charge in [0.15, 0.2) is 19.7 Å². The lowest BCUT2D eigenvalue weighted by Crippen LogP contribution is -2.08. The molecule has 0 amide bonds. The van der Waals surface area contributed by atoms with Crippen LogP contribution in [0, 0.1) is 5.82 Å². The van der Waals surface area contributed by atoms with Crippen molar-refractivity contribution >= 4 is 48.7 Å². The summed E-state index contributed by atoms with van der Waals surface area (Å²) in [6, 6.07) is 13.0. The van der Waals surface area contributed by atoms with Gasteiger partial charge in [-0.3, -0.25) is 4.79 Å². The third-order valence-electron chi connectivity index (χ3n) is 5.50. The van der Waals surface area contributed by atoms with E-state index in [-0.39, 0.29) is 45.1 Å². The summed E-state index contributed by atoms with van der Waals surface area (Å²) in [7, 11) is -7.02. The Kier molecular flexibility index (Phi) is 8.42. The van der Waals surface area contributed by atoms with Gasteiger partial charge in [-0.05, 0) is 53.1 Å². The maximum Gasteiger partial charge on any atom is 0.180 e. The van der Waals surface area contributed by atoms with Crippen molar-refractivity contribution in [2.24, 2.45) is 0 Å². The second-order valence-corrected chi connectivity index (χ2v) is 13.3. The van der Waals surface area contributed by atoms with Gasteiger partial charge < -0.3 is 0 Å². The summed E-state index contributed by atoms with van der Waals surface area (Å²) in [5.41, 5.74) is 1.88. The van der Waals surface area contributed by atoms with Crippen LogP contribution >= 0.6 is 23.2 Å². The topological polar surface area (TPSA) is 85.3 Å². The van der Waals surface area contributed by atoms with E-state index < -0.39 is 30.4 Å². The van der Waals surface area contributed by atoms with Gasteiger partial charge in [0.1, 0.15) is 16.5 Å². The standard InChI is InChI=1S/C25H23Cl2FO5S2/c1-3-34(30,31)20-8-5-16(6-9-20)11-19(29)12-17-13-21(26)25(22(27)14-17)18-7-10-24(23(28)15-18)35(32,33)4-2/h5-10,13-15H,3-4,11-12H2,1-2H3. The molecule has 0 N–H and O–H groups in total. The van der Waals surface area contributed by atoms with Crippen LogP contribution in [0.4, 0.5) is 4.39 Å². The summed E-state index contributed by atoms with van der Waals surface area (Å²) in [4.78, 5) is 12.4.